The minimum absolute atomic E-state index is 0.0457. The average molecular weight is 401 g/mol. The van der Waals surface area contributed by atoms with Gasteiger partial charge in [0.15, 0.2) is 0 Å². The van der Waals surface area contributed by atoms with Crippen molar-refractivity contribution in [1.29, 1.82) is 0 Å². The predicted octanol–water partition coefficient (Wildman–Crippen LogP) is 5.42. The number of nitrogens with one attached hydrogen (secondary N) is 1. The third-order valence-electron chi connectivity index (χ3n) is 4.30. The van der Waals surface area contributed by atoms with Gasteiger partial charge in [-0.25, -0.2) is 0 Å². The minimum atomic E-state index is -0.294. The molecule has 0 saturated heterocycles. The fourth-order valence-corrected chi connectivity index (χ4v) is 3.43. The number of aliphatic hydroxyl groups is 1. The molecule has 1 aromatic heterocycles. The second-order valence-corrected chi connectivity index (χ2v) is 7.11. The van der Waals surface area contributed by atoms with Crippen molar-refractivity contribution >= 4 is 34.8 Å². The van der Waals surface area contributed by atoms with E-state index < -0.39 is 0 Å². The number of benzene rings is 2. The van der Waals surface area contributed by atoms with Gasteiger partial charge in [-0.15, -0.1) is 0 Å². The highest BCUT2D eigenvalue weighted by Gasteiger charge is 2.17. The molecule has 0 unspecified atom stereocenters. The van der Waals surface area contributed by atoms with Crippen LogP contribution in [0.25, 0.3) is 11.1 Å². The SMILES string of the molecule is Cc1cc(CO)cc(C)c1NC(=O)c1cnccc1-c1cc(Cl)ccc1Cl. The Morgan fingerprint density at radius 1 is 1.07 bits per heavy atom. The van der Waals surface area contributed by atoms with Crippen molar-refractivity contribution < 1.29 is 9.90 Å². The first kappa shape index (κ1) is 19.4. The van der Waals surface area contributed by atoms with Gasteiger partial charge in [-0.05, 0) is 60.4 Å². The van der Waals surface area contributed by atoms with Crippen LogP contribution in [-0.4, -0.2) is 16.0 Å². The first-order valence-electron chi connectivity index (χ1n) is 8.32. The van der Waals surface area contributed by atoms with E-state index in [0.29, 0.717) is 32.4 Å². The van der Waals surface area contributed by atoms with Crippen LogP contribution in [0.1, 0.15) is 27.0 Å². The zero-order chi connectivity index (χ0) is 19.6. The van der Waals surface area contributed by atoms with Crippen LogP contribution in [0.4, 0.5) is 5.69 Å². The lowest BCUT2D eigenvalue weighted by molar-refractivity contribution is 0.102. The van der Waals surface area contributed by atoms with E-state index in [-0.39, 0.29) is 12.5 Å². The maximum Gasteiger partial charge on any atom is 0.257 e. The van der Waals surface area contributed by atoms with Gasteiger partial charge in [0.25, 0.3) is 5.91 Å². The van der Waals surface area contributed by atoms with E-state index >= 15 is 0 Å². The maximum absolute atomic E-state index is 13.0. The molecule has 27 heavy (non-hydrogen) atoms. The van der Waals surface area contributed by atoms with E-state index in [1.807, 2.05) is 26.0 Å². The Balaban J connectivity index is 2.01. The third-order valence-corrected chi connectivity index (χ3v) is 4.86. The Morgan fingerprint density at radius 3 is 2.44 bits per heavy atom. The van der Waals surface area contributed by atoms with Gasteiger partial charge in [-0.1, -0.05) is 35.3 Å². The van der Waals surface area contributed by atoms with E-state index in [0.717, 1.165) is 16.7 Å². The molecule has 2 N–H and O–H groups in total. The molecule has 138 valence electrons. The molecule has 0 bridgehead atoms. The zero-order valence-electron chi connectivity index (χ0n) is 14.9. The normalized spacial score (nSPS) is 10.7. The summed E-state index contributed by atoms with van der Waals surface area (Å²) >= 11 is 12.4. The molecule has 1 amide bonds. The minimum Gasteiger partial charge on any atom is -0.392 e. The predicted molar refractivity (Wildman–Crippen MR) is 109 cm³/mol. The van der Waals surface area contributed by atoms with E-state index in [4.69, 9.17) is 23.2 Å². The standard InChI is InChI=1S/C21H18Cl2N2O2/c1-12-7-14(11-26)8-13(2)20(12)25-21(27)18-10-24-6-5-16(18)17-9-15(22)3-4-19(17)23/h3-10,26H,11H2,1-2H3,(H,25,27). The molecule has 0 spiro atoms. The molecule has 2 aromatic carbocycles. The number of nitrogens with zero attached hydrogens (tertiary/aromatic N) is 1. The van der Waals surface area contributed by atoms with E-state index in [1.165, 1.54) is 6.20 Å². The number of hydrogen-bond acceptors (Lipinski definition) is 3. The average Bonchev–Trinajstić information content (AvgIpc) is 2.66. The number of aliphatic hydroxyl groups excluding tert-OH is 1. The van der Waals surface area contributed by atoms with E-state index in [9.17, 15) is 9.90 Å². The van der Waals surface area contributed by atoms with Gasteiger partial charge >= 0.3 is 0 Å². The first-order chi connectivity index (χ1) is 12.9. The van der Waals surface area contributed by atoms with Crippen molar-refractivity contribution in [3.8, 4) is 11.1 Å². The number of hydrogen-bond donors (Lipinski definition) is 2. The topological polar surface area (TPSA) is 62.2 Å². The summed E-state index contributed by atoms with van der Waals surface area (Å²) in [5.74, 6) is -0.294. The third kappa shape index (κ3) is 4.14. The highest BCUT2D eigenvalue weighted by Crippen LogP contribution is 2.33. The number of halogens is 2. The number of pyridine rings is 1. The van der Waals surface area contributed by atoms with Gasteiger partial charge in [-0.3, -0.25) is 9.78 Å². The van der Waals surface area contributed by atoms with Crippen molar-refractivity contribution in [2.24, 2.45) is 0 Å². The fraction of sp³-hybridized carbons (Fsp3) is 0.143. The van der Waals surface area contributed by atoms with Crippen molar-refractivity contribution in [2.75, 3.05) is 5.32 Å². The highest BCUT2D eigenvalue weighted by atomic mass is 35.5. The van der Waals surface area contributed by atoms with Crippen LogP contribution in [0.15, 0.2) is 48.8 Å². The Morgan fingerprint density at radius 2 is 1.78 bits per heavy atom. The van der Waals surface area contributed by atoms with Crippen LogP contribution in [0, 0.1) is 13.8 Å². The zero-order valence-corrected chi connectivity index (χ0v) is 16.4. The summed E-state index contributed by atoms with van der Waals surface area (Å²) in [5.41, 5.74) is 4.97. The van der Waals surface area contributed by atoms with Crippen LogP contribution in [0.2, 0.25) is 10.0 Å². The van der Waals surface area contributed by atoms with Crippen molar-refractivity contribution in [1.82, 2.24) is 4.98 Å². The molecule has 0 radical (unpaired) electrons. The quantitative estimate of drug-likeness (QED) is 0.614. The summed E-state index contributed by atoms with van der Waals surface area (Å²) in [6.07, 6.45) is 3.12. The number of carbonyl (C=O) groups excluding carboxylic acids is 1. The molecule has 0 aliphatic carbocycles. The van der Waals surface area contributed by atoms with Crippen LogP contribution in [0.5, 0.6) is 0 Å². The monoisotopic (exact) mass is 400 g/mol. The lowest BCUT2D eigenvalue weighted by Gasteiger charge is -2.15. The summed E-state index contributed by atoms with van der Waals surface area (Å²) in [7, 11) is 0. The number of rotatable bonds is 4. The molecule has 0 atom stereocenters. The van der Waals surface area contributed by atoms with E-state index in [1.54, 1.807) is 30.5 Å². The summed E-state index contributed by atoms with van der Waals surface area (Å²) in [4.78, 5) is 17.1. The maximum atomic E-state index is 13.0. The highest BCUT2D eigenvalue weighted by molar-refractivity contribution is 6.35. The van der Waals surface area contributed by atoms with Gasteiger partial charge in [0.2, 0.25) is 0 Å². The first-order valence-corrected chi connectivity index (χ1v) is 9.08. The van der Waals surface area contributed by atoms with Gasteiger partial charge in [0.1, 0.15) is 0 Å². The molecular weight excluding hydrogens is 383 g/mol. The summed E-state index contributed by atoms with van der Waals surface area (Å²) in [5, 5.41) is 13.3. The smallest absolute Gasteiger partial charge is 0.257 e. The molecule has 6 heteroatoms. The van der Waals surface area contributed by atoms with Crippen LogP contribution < -0.4 is 5.32 Å². The second kappa shape index (κ2) is 8.09. The Hall–Kier alpha value is -2.40. The van der Waals surface area contributed by atoms with Crippen molar-refractivity contribution in [3.63, 3.8) is 0 Å². The van der Waals surface area contributed by atoms with Crippen LogP contribution in [-0.2, 0) is 6.61 Å². The molecular formula is C21H18Cl2N2O2. The number of carbonyl (C=O) groups is 1. The molecule has 4 nitrogen and oxygen atoms in total. The lowest BCUT2D eigenvalue weighted by Crippen LogP contribution is -2.15. The summed E-state index contributed by atoms with van der Waals surface area (Å²) in [6.45, 7) is 3.73. The number of aryl methyl sites for hydroxylation is 2. The van der Waals surface area contributed by atoms with Crippen LogP contribution >= 0.6 is 23.2 Å². The number of aromatic nitrogens is 1. The van der Waals surface area contributed by atoms with Crippen molar-refractivity contribution in [2.45, 2.75) is 20.5 Å². The van der Waals surface area contributed by atoms with Gasteiger partial charge in [0, 0.05) is 33.7 Å². The molecule has 1 heterocycles. The molecule has 0 aliphatic heterocycles. The molecule has 0 saturated carbocycles. The largest absolute Gasteiger partial charge is 0.392 e. The molecule has 3 rings (SSSR count). The summed E-state index contributed by atoms with van der Waals surface area (Å²) < 4.78 is 0. The van der Waals surface area contributed by atoms with Crippen molar-refractivity contribution in [3.05, 3.63) is 81.1 Å². The molecule has 3 aromatic rings. The number of anilines is 1. The Bertz CT molecular complexity index is 996. The van der Waals surface area contributed by atoms with Gasteiger partial charge < -0.3 is 10.4 Å². The summed E-state index contributed by atoms with van der Waals surface area (Å²) in [6, 6.07) is 10.6. The van der Waals surface area contributed by atoms with Gasteiger partial charge in [-0.2, -0.15) is 0 Å². The fourth-order valence-electron chi connectivity index (χ4n) is 3.04. The van der Waals surface area contributed by atoms with Gasteiger partial charge in [0.05, 0.1) is 12.2 Å². The lowest BCUT2D eigenvalue weighted by atomic mass is 10.00. The van der Waals surface area contributed by atoms with Crippen LogP contribution in [0.3, 0.4) is 0 Å². The van der Waals surface area contributed by atoms with E-state index in [2.05, 4.69) is 10.3 Å². The molecule has 0 aliphatic rings. The Labute approximate surface area is 167 Å². The Kier molecular flexibility index (Phi) is 5.80. The number of amides is 1. The second-order valence-electron chi connectivity index (χ2n) is 6.26. The molecule has 0 fully saturated rings.